The van der Waals surface area contributed by atoms with Crippen LogP contribution in [0.25, 0.3) is 17.4 Å². The minimum absolute atomic E-state index is 0.189. The van der Waals surface area contributed by atoms with Crippen molar-refractivity contribution in [3.05, 3.63) is 63.4 Å². The maximum absolute atomic E-state index is 12.8. The van der Waals surface area contributed by atoms with Gasteiger partial charge in [0.1, 0.15) is 11.5 Å². The highest BCUT2D eigenvalue weighted by Crippen LogP contribution is 2.31. The maximum atomic E-state index is 12.8. The highest BCUT2D eigenvalue weighted by molar-refractivity contribution is 9.10. The van der Waals surface area contributed by atoms with Gasteiger partial charge in [-0.05, 0) is 49.3 Å². The number of furan rings is 1. The zero-order chi connectivity index (χ0) is 19.6. The van der Waals surface area contributed by atoms with Crippen molar-refractivity contribution in [1.82, 2.24) is 4.90 Å². The number of nitrogens with zero attached hydrogens (tertiary/aromatic N) is 2. The second kappa shape index (κ2) is 7.95. The summed E-state index contributed by atoms with van der Waals surface area (Å²) in [6.45, 7) is 3.96. The lowest BCUT2D eigenvalue weighted by molar-refractivity contribution is -0.135. The predicted octanol–water partition coefficient (Wildman–Crippen LogP) is 4.50. The molecule has 0 saturated heterocycles. The summed E-state index contributed by atoms with van der Waals surface area (Å²) in [7, 11) is 0. The number of aliphatic hydroxyl groups excluding tert-OH is 1. The first-order chi connectivity index (χ1) is 13.0. The van der Waals surface area contributed by atoms with E-state index in [0.29, 0.717) is 35.6 Å². The molecule has 1 aromatic heterocycles. The Kier molecular flexibility index (Phi) is 5.64. The second-order valence-corrected chi connectivity index (χ2v) is 7.21. The Morgan fingerprint density at radius 1 is 1.30 bits per heavy atom. The molecule has 1 aliphatic rings. The number of hydrogen-bond acceptors (Lipinski definition) is 4. The predicted molar refractivity (Wildman–Crippen MR) is 106 cm³/mol. The Morgan fingerprint density at radius 3 is 2.63 bits per heavy atom. The molecule has 6 heteroatoms. The molecule has 0 radical (unpaired) electrons. The van der Waals surface area contributed by atoms with Crippen LogP contribution in [0.4, 0.5) is 0 Å². The number of nitriles is 1. The van der Waals surface area contributed by atoms with Crippen LogP contribution >= 0.6 is 15.9 Å². The zero-order valence-corrected chi connectivity index (χ0v) is 16.7. The molecule has 1 amide bonds. The summed E-state index contributed by atoms with van der Waals surface area (Å²) in [5.41, 5.74) is 1.95. The summed E-state index contributed by atoms with van der Waals surface area (Å²) < 4.78 is 6.85. The first-order valence-electron chi connectivity index (χ1n) is 8.64. The van der Waals surface area contributed by atoms with Crippen LogP contribution in [-0.4, -0.2) is 28.7 Å². The van der Waals surface area contributed by atoms with Gasteiger partial charge in [0.15, 0.2) is 6.23 Å². The molecule has 1 aromatic carbocycles. The van der Waals surface area contributed by atoms with Gasteiger partial charge in [-0.25, -0.2) is 0 Å². The van der Waals surface area contributed by atoms with Gasteiger partial charge in [0.25, 0.3) is 5.91 Å². The molecule has 2 aromatic rings. The van der Waals surface area contributed by atoms with E-state index in [0.717, 1.165) is 10.0 Å². The van der Waals surface area contributed by atoms with E-state index in [4.69, 9.17) is 4.42 Å². The average molecular weight is 427 g/mol. The van der Waals surface area contributed by atoms with Gasteiger partial charge in [-0.3, -0.25) is 4.79 Å². The molecule has 0 fully saturated rings. The molecule has 0 aliphatic carbocycles. The molecule has 138 valence electrons. The average Bonchev–Trinajstić information content (AvgIpc) is 3.12. The van der Waals surface area contributed by atoms with Crippen LogP contribution < -0.4 is 0 Å². The molecule has 3 rings (SSSR count). The van der Waals surface area contributed by atoms with Gasteiger partial charge in [-0.2, -0.15) is 5.26 Å². The SMILES string of the molecule is CCCN1C(=O)/C(=C/c2ccc(-c3ccc(Br)cc3)o2)C(C)=C(C#N)C1O. The highest BCUT2D eigenvalue weighted by Gasteiger charge is 2.35. The molecule has 1 atom stereocenters. The summed E-state index contributed by atoms with van der Waals surface area (Å²) >= 11 is 3.40. The number of halogens is 1. The van der Waals surface area contributed by atoms with E-state index < -0.39 is 6.23 Å². The third-order valence-corrected chi connectivity index (χ3v) is 5.01. The normalized spacial score (nSPS) is 18.9. The fourth-order valence-electron chi connectivity index (χ4n) is 3.04. The van der Waals surface area contributed by atoms with Crippen LogP contribution in [0, 0.1) is 11.3 Å². The first kappa shape index (κ1) is 19.2. The Hall–Kier alpha value is -2.62. The fraction of sp³-hybridized carbons (Fsp3) is 0.238. The number of amides is 1. The lowest BCUT2D eigenvalue weighted by Gasteiger charge is -2.33. The first-order valence-corrected chi connectivity index (χ1v) is 9.43. The Bertz CT molecular complexity index is 964. The standard InChI is InChI=1S/C21H19BrN2O3/c1-3-10-24-20(25)17(13(2)18(12-23)21(24)26)11-16-8-9-19(27-16)14-4-6-15(22)7-5-14/h4-9,11,21,26H,3,10H2,1-2H3/b17-11+. The molecule has 1 unspecified atom stereocenters. The minimum atomic E-state index is -1.20. The van der Waals surface area contributed by atoms with Crippen LogP contribution in [0.15, 0.2) is 62.0 Å². The van der Waals surface area contributed by atoms with Gasteiger partial charge in [0.05, 0.1) is 11.6 Å². The number of carbonyl (C=O) groups is 1. The van der Waals surface area contributed by atoms with Crippen molar-refractivity contribution in [2.75, 3.05) is 6.54 Å². The van der Waals surface area contributed by atoms with Gasteiger partial charge < -0.3 is 14.4 Å². The molecule has 27 heavy (non-hydrogen) atoms. The van der Waals surface area contributed by atoms with E-state index in [1.807, 2.05) is 43.3 Å². The largest absolute Gasteiger partial charge is 0.457 e. The lowest BCUT2D eigenvalue weighted by atomic mass is 9.94. The van der Waals surface area contributed by atoms with E-state index in [9.17, 15) is 15.2 Å². The molecular weight excluding hydrogens is 408 g/mol. The number of carbonyl (C=O) groups excluding carboxylic acids is 1. The monoisotopic (exact) mass is 426 g/mol. The maximum Gasteiger partial charge on any atom is 0.256 e. The topological polar surface area (TPSA) is 77.5 Å². The molecule has 0 spiro atoms. The van der Waals surface area contributed by atoms with Gasteiger partial charge >= 0.3 is 0 Å². The van der Waals surface area contributed by atoms with Gasteiger partial charge in [-0.1, -0.05) is 35.0 Å². The summed E-state index contributed by atoms with van der Waals surface area (Å²) in [5, 5.41) is 19.7. The molecule has 1 aliphatic heterocycles. The smallest absolute Gasteiger partial charge is 0.256 e. The van der Waals surface area contributed by atoms with Crippen molar-refractivity contribution in [2.45, 2.75) is 26.5 Å². The molecule has 0 bridgehead atoms. The molecule has 5 nitrogen and oxygen atoms in total. The summed E-state index contributed by atoms with van der Waals surface area (Å²) in [5.74, 6) is 0.897. The summed E-state index contributed by atoms with van der Waals surface area (Å²) in [6, 6.07) is 13.4. The second-order valence-electron chi connectivity index (χ2n) is 6.29. The van der Waals surface area contributed by atoms with Crippen LogP contribution in [0.3, 0.4) is 0 Å². The number of benzene rings is 1. The third kappa shape index (κ3) is 3.75. The van der Waals surface area contributed by atoms with E-state index >= 15 is 0 Å². The Balaban J connectivity index is 2.00. The van der Waals surface area contributed by atoms with E-state index in [-0.39, 0.29) is 11.5 Å². The minimum Gasteiger partial charge on any atom is -0.457 e. The lowest BCUT2D eigenvalue weighted by Crippen LogP contribution is -2.46. The Labute approximate surface area is 166 Å². The van der Waals surface area contributed by atoms with Gasteiger partial charge in [0.2, 0.25) is 0 Å². The number of rotatable bonds is 4. The summed E-state index contributed by atoms with van der Waals surface area (Å²) in [4.78, 5) is 14.1. The van der Waals surface area contributed by atoms with Crippen molar-refractivity contribution in [3.8, 4) is 17.4 Å². The highest BCUT2D eigenvalue weighted by atomic mass is 79.9. The Morgan fingerprint density at radius 2 is 2.00 bits per heavy atom. The number of hydrogen-bond donors (Lipinski definition) is 1. The molecule has 2 heterocycles. The van der Waals surface area contributed by atoms with E-state index in [2.05, 4.69) is 15.9 Å². The van der Waals surface area contributed by atoms with Crippen molar-refractivity contribution in [2.24, 2.45) is 0 Å². The van der Waals surface area contributed by atoms with Crippen molar-refractivity contribution < 1.29 is 14.3 Å². The number of aliphatic hydroxyl groups is 1. The zero-order valence-electron chi connectivity index (χ0n) is 15.1. The van der Waals surface area contributed by atoms with Gasteiger partial charge in [-0.15, -0.1) is 0 Å². The van der Waals surface area contributed by atoms with Crippen LogP contribution in [0.5, 0.6) is 0 Å². The van der Waals surface area contributed by atoms with Crippen LogP contribution in [0.2, 0.25) is 0 Å². The molecule has 0 saturated carbocycles. The van der Waals surface area contributed by atoms with Gasteiger partial charge in [0, 0.05) is 22.2 Å². The molecule has 1 N–H and O–H groups in total. The van der Waals surface area contributed by atoms with Crippen LogP contribution in [0.1, 0.15) is 26.0 Å². The van der Waals surface area contributed by atoms with Crippen molar-refractivity contribution in [3.63, 3.8) is 0 Å². The molecular formula is C21H19BrN2O3. The van der Waals surface area contributed by atoms with E-state index in [1.54, 1.807) is 19.1 Å². The quantitative estimate of drug-likeness (QED) is 0.729. The van der Waals surface area contributed by atoms with E-state index in [1.165, 1.54) is 4.90 Å². The summed E-state index contributed by atoms with van der Waals surface area (Å²) in [6.07, 6.45) is 1.11. The van der Waals surface area contributed by atoms with Crippen molar-refractivity contribution >= 4 is 27.9 Å². The fourth-order valence-corrected chi connectivity index (χ4v) is 3.30. The van der Waals surface area contributed by atoms with Crippen LogP contribution in [-0.2, 0) is 4.79 Å². The third-order valence-electron chi connectivity index (χ3n) is 4.48. The van der Waals surface area contributed by atoms with Crippen molar-refractivity contribution in [1.29, 1.82) is 5.26 Å².